The molecule has 0 spiro atoms. The van der Waals surface area contributed by atoms with Gasteiger partial charge in [0.1, 0.15) is 23.6 Å². The van der Waals surface area contributed by atoms with Crippen LogP contribution in [0.4, 0.5) is 11.5 Å². The molecule has 1 saturated heterocycles. The molecule has 6 rings (SSSR count). The first kappa shape index (κ1) is 25.6. The van der Waals surface area contributed by atoms with Crippen LogP contribution in [0.25, 0.3) is 22.3 Å². The number of fused-ring (bicyclic) bond motifs is 1. The first-order valence-corrected chi connectivity index (χ1v) is 14.0. The van der Waals surface area contributed by atoms with Crippen molar-refractivity contribution in [2.75, 3.05) is 51.4 Å². The van der Waals surface area contributed by atoms with Gasteiger partial charge in [0, 0.05) is 50.0 Å². The number of nitrogens with one attached hydrogen (secondary N) is 1. The smallest absolute Gasteiger partial charge is 0.164 e. The Morgan fingerprint density at radius 3 is 2.44 bits per heavy atom. The quantitative estimate of drug-likeness (QED) is 0.365. The van der Waals surface area contributed by atoms with E-state index in [0.717, 1.165) is 52.1 Å². The lowest BCUT2D eigenvalue weighted by Gasteiger charge is -2.41. The number of benzene rings is 2. The number of hydrogen-bond acceptors (Lipinski definition) is 8. The van der Waals surface area contributed by atoms with Gasteiger partial charge in [-0.2, -0.15) is 5.10 Å². The first-order chi connectivity index (χ1) is 19.1. The first-order valence-electron chi connectivity index (χ1n) is 14.0. The molecule has 0 unspecified atom stereocenters. The normalized spacial score (nSPS) is 20.8. The molecule has 9 nitrogen and oxygen atoms in total. The molecule has 3 heterocycles. The molecule has 39 heavy (non-hydrogen) atoms. The van der Waals surface area contributed by atoms with Crippen molar-refractivity contribution < 1.29 is 4.74 Å². The van der Waals surface area contributed by atoms with Crippen molar-refractivity contribution in [1.82, 2.24) is 29.5 Å². The van der Waals surface area contributed by atoms with Gasteiger partial charge in [0.2, 0.25) is 0 Å². The van der Waals surface area contributed by atoms with Crippen LogP contribution < -0.4 is 15.8 Å². The average molecular weight is 527 g/mol. The summed E-state index contributed by atoms with van der Waals surface area (Å²) in [4.78, 5) is 14.1. The summed E-state index contributed by atoms with van der Waals surface area (Å²) in [5.41, 5.74) is 11.3. The van der Waals surface area contributed by atoms with Crippen molar-refractivity contribution in [1.29, 1.82) is 0 Å². The van der Waals surface area contributed by atoms with E-state index in [4.69, 9.17) is 15.6 Å². The minimum absolute atomic E-state index is 0.322. The fraction of sp³-hybridized carbons (Fsp3) is 0.433. The number of nitrogens with two attached hydrogens (primary N) is 1. The highest BCUT2D eigenvalue weighted by Gasteiger charge is 2.30. The van der Waals surface area contributed by atoms with E-state index < -0.39 is 0 Å². The molecule has 0 amide bonds. The van der Waals surface area contributed by atoms with Crippen molar-refractivity contribution in [2.45, 2.75) is 44.3 Å². The molecule has 1 aliphatic heterocycles. The van der Waals surface area contributed by atoms with Crippen molar-refractivity contribution in [2.24, 2.45) is 0 Å². The van der Waals surface area contributed by atoms with Gasteiger partial charge in [-0.1, -0.05) is 24.3 Å². The molecule has 2 aliphatic rings. The Labute approximate surface area is 230 Å². The zero-order valence-corrected chi connectivity index (χ0v) is 22.9. The largest absolute Gasteiger partial charge is 0.497 e. The highest BCUT2D eigenvalue weighted by Crippen LogP contribution is 2.37. The van der Waals surface area contributed by atoms with E-state index in [1.807, 2.05) is 18.2 Å². The lowest BCUT2D eigenvalue weighted by atomic mass is 9.90. The van der Waals surface area contributed by atoms with Crippen molar-refractivity contribution >= 4 is 22.5 Å². The lowest BCUT2D eigenvalue weighted by Crippen LogP contribution is -2.49. The molecule has 3 N–H and O–H groups in total. The van der Waals surface area contributed by atoms with Crippen LogP contribution in [0.15, 0.2) is 54.9 Å². The fourth-order valence-corrected chi connectivity index (χ4v) is 6.04. The van der Waals surface area contributed by atoms with Gasteiger partial charge < -0.3 is 20.7 Å². The maximum Gasteiger partial charge on any atom is 0.164 e. The van der Waals surface area contributed by atoms with E-state index in [1.165, 1.54) is 39.0 Å². The molecule has 2 aromatic carbocycles. The topological polar surface area (TPSA) is 97.4 Å². The van der Waals surface area contributed by atoms with Crippen LogP contribution in [0.1, 0.15) is 37.3 Å². The third-order valence-electron chi connectivity index (χ3n) is 8.37. The van der Waals surface area contributed by atoms with Gasteiger partial charge in [-0.25, -0.2) is 14.6 Å². The molecule has 4 aromatic rings. The van der Waals surface area contributed by atoms with Crippen LogP contribution in [-0.2, 0) is 6.54 Å². The molecule has 2 aromatic heterocycles. The Morgan fingerprint density at radius 1 is 0.949 bits per heavy atom. The zero-order valence-electron chi connectivity index (χ0n) is 22.9. The molecule has 9 heteroatoms. The van der Waals surface area contributed by atoms with Crippen LogP contribution in [0, 0.1) is 0 Å². The van der Waals surface area contributed by atoms with Crippen LogP contribution >= 0.6 is 0 Å². The Kier molecular flexibility index (Phi) is 7.34. The molecule has 0 radical (unpaired) electrons. The summed E-state index contributed by atoms with van der Waals surface area (Å²) < 4.78 is 7.46. The third-order valence-corrected chi connectivity index (χ3v) is 8.37. The number of hydrogen-bond donors (Lipinski definition) is 2. The summed E-state index contributed by atoms with van der Waals surface area (Å²) in [5, 5.41) is 9.45. The molecular weight excluding hydrogens is 488 g/mol. The van der Waals surface area contributed by atoms with E-state index in [9.17, 15) is 0 Å². The van der Waals surface area contributed by atoms with Gasteiger partial charge in [-0.3, -0.25) is 4.90 Å². The fourth-order valence-electron chi connectivity index (χ4n) is 6.04. The van der Waals surface area contributed by atoms with Crippen molar-refractivity contribution in [3.05, 3.63) is 60.4 Å². The van der Waals surface area contributed by atoms with Gasteiger partial charge in [-0.15, -0.1) is 0 Å². The van der Waals surface area contributed by atoms with Crippen LogP contribution in [-0.4, -0.2) is 75.9 Å². The Balaban J connectivity index is 1.19. The summed E-state index contributed by atoms with van der Waals surface area (Å²) >= 11 is 0. The second-order valence-electron chi connectivity index (χ2n) is 10.8. The monoisotopic (exact) mass is 526 g/mol. The Bertz CT molecular complexity index is 1400. The molecule has 0 atom stereocenters. The van der Waals surface area contributed by atoms with E-state index in [1.54, 1.807) is 13.4 Å². The number of methoxy groups -OCH3 is 1. The van der Waals surface area contributed by atoms with Gasteiger partial charge in [-0.05, 0) is 62.6 Å². The Morgan fingerprint density at radius 2 is 1.69 bits per heavy atom. The average Bonchev–Trinajstić information content (AvgIpc) is 3.38. The number of piperazine rings is 1. The van der Waals surface area contributed by atoms with Gasteiger partial charge in [0.25, 0.3) is 0 Å². The number of rotatable bonds is 7. The standard InChI is InChI=1S/C30H38N8O/c1-36-14-16-37(17-15-36)24-10-12-25(13-11-24)38-30-27(29(31)33-20-34-30)28(35-38)22-6-8-23(9-7-22)32-19-21-4-3-5-26(18-21)39-2/h3-9,18,20,24-25,32H,10-17,19H2,1-2H3,(H2,31,33,34). The second kappa shape index (κ2) is 11.2. The number of anilines is 2. The summed E-state index contributed by atoms with van der Waals surface area (Å²) in [6.45, 7) is 5.40. The molecule has 1 saturated carbocycles. The zero-order chi connectivity index (χ0) is 26.8. The highest BCUT2D eigenvalue weighted by atomic mass is 16.5. The Hall–Kier alpha value is -3.69. The van der Waals surface area contributed by atoms with Crippen LogP contribution in [0.5, 0.6) is 5.75 Å². The summed E-state index contributed by atoms with van der Waals surface area (Å²) in [6, 6.07) is 17.4. The van der Waals surface area contributed by atoms with Crippen molar-refractivity contribution in [3.63, 3.8) is 0 Å². The SMILES string of the molecule is COc1cccc(CNc2ccc(-c3nn(C4CCC(N5CCN(C)CC5)CC4)c4ncnc(N)c34)cc2)c1. The molecule has 204 valence electrons. The van der Waals surface area contributed by atoms with Crippen molar-refractivity contribution in [3.8, 4) is 17.0 Å². The van der Waals surface area contributed by atoms with Crippen LogP contribution in [0.3, 0.4) is 0 Å². The highest BCUT2D eigenvalue weighted by molar-refractivity contribution is 5.98. The summed E-state index contributed by atoms with van der Waals surface area (Å²) in [7, 11) is 3.91. The number of nitrogen functional groups attached to an aromatic ring is 1. The van der Waals surface area contributed by atoms with Gasteiger partial charge >= 0.3 is 0 Å². The maximum atomic E-state index is 6.40. The van der Waals surface area contributed by atoms with E-state index in [2.05, 4.69) is 67.1 Å². The minimum Gasteiger partial charge on any atom is -0.497 e. The van der Waals surface area contributed by atoms with Crippen LogP contribution in [0.2, 0.25) is 0 Å². The predicted molar refractivity (Wildman–Crippen MR) is 156 cm³/mol. The second-order valence-corrected chi connectivity index (χ2v) is 10.8. The third kappa shape index (κ3) is 5.42. The number of likely N-dealkylation sites (N-methyl/N-ethyl adjacent to an activating group) is 1. The lowest BCUT2D eigenvalue weighted by molar-refractivity contribution is 0.0815. The van der Waals surface area contributed by atoms with E-state index in [0.29, 0.717) is 24.4 Å². The van der Waals surface area contributed by atoms with Gasteiger partial charge in [0.05, 0.1) is 18.5 Å². The predicted octanol–water partition coefficient (Wildman–Crippen LogP) is 4.43. The summed E-state index contributed by atoms with van der Waals surface area (Å²) in [6.07, 6.45) is 6.15. The maximum absolute atomic E-state index is 6.40. The summed E-state index contributed by atoms with van der Waals surface area (Å²) in [5.74, 6) is 1.34. The molecule has 1 aliphatic carbocycles. The number of nitrogens with zero attached hydrogens (tertiary/aromatic N) is 6. The molecule has 0 bridgehead atoms. The number of aromatic nitrogens is 4. The number of ether oxygens (including phenoxy) is 1. The van der Waals surface area contributed by atoms with E-state index in [-0.39, 0.29) is 0 Å². The minimum atomic E-state index is 0.322. The van der Waals surface area contributed by atoms with E-state index >= 15 is 0 Å². The molecular formula is C30H38N8O. The molecule has 2 fully saturated rings. The van der Waals surface area contributed by atoms with Gasteiger partial charge in [0.15, 0.2) is 5.65 Å².